The first-order chi connectivity index (χ1) is 15.9. The van der Waals surface area contributed by atoms with Crippen molar-refractivity contribution in [3.05, 3.63) is 75.7 Å². The second kappa shape index (κ2) is 8.60. The van der Waals surface area contributed by atoms with Crippen LogP contribution in [0.4, 0.5) is 16.4 Å². The van der Waals surface area contributed by atoms with E-state index in [9.17, 15) is 9.59 Å². The molecular formula is C27H27N3O2S. The molecule has 0 unspecified atom stereocenters. The Morgan fingerprint density at radius 2 is 1.79 bits per heavy atom. The Labute approximate surface area is 198 Å². The Bertz CT molecular complexity index is 1270. The Morgan fingerprint density at radius 1 is 1.06 bits per heavy atom. The summed E-state index contributed by atoms with van der Waals surface area (Å²) in [5.41, 5.74) is 5.73. The van der Waals surface area contributed by atoms with Crippen LogP contribution in [0, 0.1) is 6.92 Å². The minimum absolute atomic E-state index is 0.0206. The Hall–Kier alpha value is -3.25. The molecule has 0 spiro atoms. The van der Waals surface area contributed by atoms with Gasteiger partial charge in [0.1, 0.15) is 10.7 Å². The van der Waals surface area contributed by atoms with Gasteiger partial charge < -0.3 is 10.2 Å². The highest BCUT2D eigenvalue weighted by Crippen LogP contribution is 2.42. The third-order valence-corrected chi connectivity index (χ3v) is 7.44. The third-order valence-electron chi connectivity index (χ3n) is 6.26. The normalized spacial score (nSPS) is 16.3. The number of rotatable bonds is 4. The summed E-state index contributed by atoms with van der Waals surface area (Å²) >= 11 is 1.56. The quantitative estimate of drug-likeness (QED) is 0.517. The summed E-state index contributed by atoms with van der Waals surface area (Å²) < 4.78 is 0. The summed E-state index contributed by atoms with van der Waals surface area (Å²) in [5, 5.41) is 3.68. The zero-order valence-electron chi connectivity index (χ0n) is 19.1. The summed E-state index contributed by atoms with van der Waals surface area (Å²) in [7, 11) is 0. The lowest BCUT2D eigenvalue weighted by atomic mass is 9.95. The number of hydrogen-bond acceptors (Lipinski definition) is 4. The van der Waals surface area contributed by atoms with Crippen molar-refractivity contribution in [2.75, 3.05) is 10.2 Å². The number of thiophene rings is 1. The van der Waals surface area contributed by atoms with Crippen LogP contribution in [0.25, 0.3) is 0 Å². The molecule has 0 bridgehead atoms. The standard InChI is InChI=1S/C27H27N3O2S/c1-16(2)30-21-10-6-4-8-19(21)24(27(30)32)29-26-23(20-9-5-7-11-22(20)33-26)25(31)28-18-14-12-17(3)13-15-18/h4,6,8,10,12-16H,5,7,9,11H2,1-3H3,(H,28,31). The van der Waals surface area contributed by atoms with Crippen molar-refractivity contribution in [3.8, 4) is 0 Å². The average molecular weight is 458 g/mol. The van der Waals surface area contributed by atoms with Crippen LogP contribution >= 0.6 is 11.3 Å². The number of nitrogens with one attached hydrogen (secondary N) is 1. The molecule has 2 aliphatic rings. The molecule has 168 valence electrons. The van der Waals surface area contributed by atoms with Gasteiger partial charge in [0.2, 0.25) is 0 Å². The zero-order chi connectivity index (χ0) is 23.1. The first-order valence-corrected chi connectivity index (χ1v) is 12.3. The molecule has 5 rings (SSSR count). The van der Waals surface area contributed by atoms with Gasteiger partial charge in [-0.15, -0.1) is 11.3 Å². The zero-order valence-corrected chi connectivity index (χ0v) is 20.0. The molecule has 3 aromatic rings. The van der Waals surface area contributed by atoms with E-state index < -0.39 is 0 Å². The van der Waals surface area contributed by atoms with Gasteiger partial charge in [0.05, 0.1) is 11.3 Å². The van der Waals surface area contributed by atoms with Crippen LogP contribution in [-0.2, 0) is 17.6 Å². The van der Waals surface area contributed by atoms with E-state index in [0.29, 0.717) is 16.3 Å². The molecule has 5 nitrogen and oxygen atoms in total. The summed E-state index contributed by atoms with van der Waals surface area (Å²) in [4.78, 5) is 34.7. The highest BCUT2D eigenvalue weighted by Gasteiger charge is 2.36. The number of hydrogen-bond donors (Lipinski definition) is 1. The number of para-hydroxylation sites is 1. The number of nitrogens with zero attached hydrogens (tertiary/aromatic N) is 2. The van der Waals surface area contributed by atoms with Crippen LogP contribution in [-0.4, -0.2) is 23.6 Å². The average Bonchev–Trinajstić information content (AvgIpc) is 3.30. The van der Waals surface area contributed by atoms with Crippen molar-refractivity contribution < 1.29 is 9.59 Å². The fourth-order valence-corrected chi connectivity index (χ4v) is 5.90. The van der Waals surface area contributed by atoms with E-state index in [1.165, 1.54) is 4.88 Å². The molecular weight excluding hydrogens is 430 g/mol. The van der Waals surface area contributed by atoms with Crippen molar-refractivity contribution in [1.29, 1.82) is 0 Å². The van der Waals surface area contributed by atoms with Crippen LogP contribution in [0.15, 0.2) is 53.5 Å². The maximum atomic E-state index is 13.5. The number of amides is 2. The molecule has 33 heavy (non-hydrogen) atoms. The van der Waals surface area contributed by atoms with Crippen molar-refractivity contribution >= 4 is 45.2 Å². The third kappa shape index (κ3) is 3.89. The van der Waals surface area contributed by atoms with Crippen LogP contribution in [0.1, 0.15) is 58.6 Å². The van der Waals surface area contributed by atoms with Gasteiger partial charge in [0.15, 0.2) is 0 Å². The molecule has 0 fully saturated rings. The molecule has 6 heteroatoms. The van der Waals surface area contributed by atoms with Gasteiger partial charge in [0, 0.05) is 22.2 Å². The fraction of sp³-hybridized carbons (Fsp3) is 0.296. The molecule has 0 radical (unpaired) electrons. The maximum Gasteiger partial charge on any atom is 0.277 e. The Morgan fingerprint density at radius 3 is 2.55 bits per heavy atom. The van der Waals surface area contributed by atoms with E-state index in [4.69, 9.17) is 4.99 Å². The Balaban J connectivity index is 1.60. The summed E-state index contributed by atoms with van der Waals surface area (Å²) in [6, 6.07) is 15.6. The molecule has 0 atom stereocenters. The van der Waals surface area contributed by atoms with Gasteiger partial charge in [-0.2, -0.15) is 0 Å². The van der Waals surface area contributed by atoms with Crippen molar-refractivity contribution in [2.24, 2.45) is 4.99 Å². The van der Waals surface area contributed by atoms with Gasteiger partial charge in [-0.3, -0.25) is 9.59 Å². The molecule has 1 aliphatic carbocycles. The monoisotopic (exact) mass is 457 g/mol. The SMILES string of the molecule is Cc1ccc(NC(=O)c2c(N=C3C(=O)N(C(C)C)c4ccccc43)sc3c2CCCC3)cc1. The number of aryl methyl sites for hydroxylation is 2. The van der Waals surface area contributed by atoms with Crippen molar-refractivity contribution in [3.63, 3.8) is 0 Å². The van der Waals surface area contributed by atoms with E-state index in [1.807, 2.05) is 69.3 Å². The van der Waals surface area contributed by atoms with Gasteiger partial charge >= 0.3 is 0 Å². The van der Waals surface area contributed by atoms with E-state index in [1.54, 1.807) is 16.2 Å². The maximum absolute atomic E-state index is 13.5. The number of aliphatic imine (C=N–C) groups is 1. The molecule has 0 saturated carbocycles. The lowest BCUT2D eigenvalue weighted by Gasteiger charge is -2.20. The Kier molecular flexibility index (Phi) is 5.62. The summed E-state index contributed by atoms with van der Waals surface area (Å²) in [6.45, 7) is 6.02. The highest BCUT2D eigenvalue weighted by molar-refractivity contribution is 7.16. The fourth-order valence-electron chi connectivity index (χ4n) is 4.64. The molecule has 1 aliphatic heterocycles. The number of carbonyl (C=O) groups is 2. The molecule has 2 amide bonds. The number of anilines is 2. The highest BCUT2D eigenvalue weighted by atomic mass is 32.1. The lowest BCUT2D eigenvalue weighted by Crippen LogP contribution is -2.35. The molecule has 1 N–H and O–H groups in total. The van der Waals surface area contributed by atoms with Crippen LogP contribution in [0.3, 0.4) is 0 Å². The molecule has 1 aromatic heterocycles. The molecule has 0 saturated heterocycles. The largest absolute Gasteiger partial charge is 0.322 e. The van der Waals surface area contributed by atoms with Crippen LogP contribution < -0.4 is 10.2 Å². The topological polar surface area (TPSA) is 61.8 Å². The molecule has 2 aromatic carbocycles. The number of fused-ring (bicyclic) bond motifs is 2. The summed E-state index contributed by atoms with van der Waals surface area (Å²) in [6.07, 6.45) is 4.01. The van der Waals surface area contributed by atoms with E-state index in [-0.39, 0.29) is 17.9 Å². The lowest BCUT2D eigenvalue weighted by molar-refractivity contribution is -0.112. The first-order valence-electron chi connectivity index (χ1n) is 11.5. The summed E-state index contributed by atoms with van der Waals surface area (Å²) in [5.74, 6) is -0.264. The van der Waals surface area contributed by atoms with Crippen molar-refractivity contribution in [2.45, 2.75) is 52.5 Å². The van der Waals surface area contributed by atoms with E-state index in [0.717, 1.165) is 53.7 Å². The smallest absolute Gasteiger partial charge is 0.277 e. The minimum Gasteiger partial charge on any atom is -0.322 e. The number of benzene rings is 2. The second-order valence-electron chi connectivity index (χ2n) is 8.96. The minimum atomic E-state index is -0.156. The van der Waals surface area contributed by atoms with Gasteiger partial charge in [-0.25, -0.2) is 4.99 Å². The predicted molar refractivity (Wildman–Crippen MR) is 135 cm³/mol. The van der Waals surface area contributed by atoms with Gasteiger partial charge in [-0.05, 0) is 70.2 Å². The van der Waals surface area contributed by atoms with Gasteiger partial charge in [-0.1, -0.05) is 35.9 Å². The number of carbonyl (C=O) groups excluding carboxylic acids is 2. The van der Waals surface area contributed by atoms with Crippen LogP contribution in [0.5, 0.6) is 0 Å². The molecule has 2 heterocycles. The predicted octanol–water partition coefficient (Wildman–Crippen LogP) is 6.06. The van der Waals surface area contributed by atoms with E-state index >= 15 is 0 Å². The van der Waals surface area contributed by atoms with E-state index in [2.05, 4.69) is 5.32 Å². The van der Waals surface area contributed by atoms with Crippen molar-refractivity contribution in [1.82, 2.24) is 0 Å². The van der Waals surface area contributed by atoms with Gasteiger partial charge in [0.25, 0.3) is 11.8 Å². The first kappa shape index (κ1) is 21.6. The van der Waals surface area contributed by atoms with Crippen LogP contribution in [0.2, 0.25) is 0 Å². The second-order valence-corrected chi connectivity index (χ2v) is 10.0.